The number of nitrogen functional groups attached to an aromatic ring is 1. The second-order valence-electron chi connectivity index (χ2n) is 12.0. The van der Waals surface area contributed by atoms with E-state index in [0.717, 1.165) is 48.4 Å². The molecule has 9 nitrogen and oxygen atoms in total. The van der Waals surface area contributed by atoms with Gasteiger partial charge in [0.05, 0.1) is 0 Å². The van der Waals surface area contributed by atoms with Crippen molar-refractivity contribution >= 4 is 45.6 Å². The van der Waals surface area contributed by atoms with Crippen LogP contribution in [0, 0.1) is 23.6 Å². The van der Waals surface area contributed by atoms with Crippen molar-refractivity contribution in [3.8, 4) is 5.75 Å². The Morgan fingerprint density at radius 1 is 1.05 bits per heavy atom. The van der Waals surface area contributed by atoms with E-state index in [2.05, 4.69) is 10.3 Å². The summed E-state index contributed by atoms with van der Waals surface area (Å²) in [5, 5.41) is 3.58. The zero-order valence-corrected chi connectivity index (χ0v) is 24.2. The van der Waals surface area contributed by atoms with Crippen molar-refractivity contribution in [3.63, 3.8) is 0 Å². The molecule has 220 valence electrons. The molecule has 4 aliphatic carbocycles. The highest BCUT2D eigenvalue weighted by molar-refractivity contribution is 7.18. The van der Waals surface area contributed by atoms with Gasteiger partial charge in [0.15, 0.2) is 11.7 Å². The van der Waals surface area contributed by atoms with Gasteiger partial charge in [-0.25, -0.2) is 9.37 Å². The smallest absolute Gasteiger partial charge is 0.258 e. The number of carbonyl (C=O) groups excluding carboxylic acids is 3. The Morgan fingerprint density at radius 3 is 2.21 bits per heavy atom. The predicted molar refractivity (Wildman–Crippen MR) is 158 cm³/mol. The fourth-order valence-corrected chi connectivity index (χ4v) is 8.44. The van der Waals surface area contributed by atoms with Crippen LogP contribution < -0.4 is 26.4 Å². The third-order valence-corrected chi connectivity index (χ3v) is 9.96. The highest BCUT2D eigenvalue weighted by atomic mass is 32.1. The molecule has 4 saturated carbocycles. The summed E-state index contributed by atoms with van der Waals surface area (Å²) in [7, 11) is 0. The summed E-state index contributed by atoms with van der Waals surface area (Å²) in [4.78, 5) is 44.2. The maximum absolute atomic E-state index is 13.5. The number of carbonyl (C=O) groups is 3. The number of nitrogens with one attached hydrogen (secondary N) is 1. The molecule has 1 unspecified atom stereocenters. The van der Waals surface area contributed by atoms with Gasteiger partial charge in [0.25, 0.3) is 5.91 Å². The van der Waals surface area contributed by atoms with Crippen molar-refractivity contribution in [1.29, 1.82) is 0 Å². The van der Waals surface area contributed by atoms with Crippen LogP contribution in [0.4, 0.5) is 21.0 Å². The minimum absolute atomic E-state index is 0.00505. The van der Waals surface area contributed by atoms with E-state index in [1.165, 1.54) is 48.4 Å². The number of ether oxygens (including phenoxy) is 1. The zero-order chi connectivity index (χ0) is 29.6. The monoisotopic (exact) mass is 591 g/mol. The molecule has 42 heavy (non-hydrogen) atoms. The Morgan fingerprint density at radius 2 is 1.64 bits per heavy atom. The lowest BCUT2D eigenvalue weighted by atomic mass is 9.53. The third-order valence-electron chi connectivity index (χ3n) is 8.89. The number of rotatable bonds is 10. The molecular formula is C31H34FN5O4S. The van der Waals surface area contributed by atoms with Gasteiger partial charge in [0.2, 0.25) is 11.7 Å². The second kappa shape index (κ2) is 11.0. The molecule has 1 aromatic heterocycles. The van der Waals surface area contributed by atoms with Crippen molar-refractivity contribution in [2.45, 2.75) is 57.0 Å². The molecular weight excluding hydrogens is 557 g/mol. The topological polar surface area (TPSA) is 141 Å². The number of benzene rings is 2. The molecule has 2 aromatic carbocycles. The molecule has 4 fully saturated rings. The Labute approximate surface area is 247 Å². The molecule has 0 spiro atoms. The van der Waals surface area contributed by atoms with Crippen LogP contribution in [-0.2, 0) is 9.59 Å². The van der Waals surface area contributed by atoms with Gasteiger partial charge >= 0.3 is 0 Å². The van der Waals surface area contributed by atoms with E-state index in [1.807, 2.05) is 0 Å². The maximum Gasteiger partial charge on any atom is 0.258 e. The lowest BCUT2D eigenvalue weighted by Crippen LogP contribution is -2.60. The molecule has 0 saturated heterocycles. The van der Waals surface area contributed by atoms with E-state index in [4.69, 9.17) is 16.2 Å². The molecule has 4 bridgehead atoms. The summed E-state index contributed by atoms with van der Waals surface area (Å²) < 4.78 is 19.3. The third kappa shape index (κ3) is 5.57. The normalized spacial score (nSPS) is 24.7. The lowest BCUT2D eigenvalue weighted by Gasteiger charge is -2.56. The molecule has 1 heterocycles. The summed E-state index contributed by atoms with van der Waals surface area (Å²) in [6, 6.07) is 11.2. The Balaban J connectivity index is 1.11. The molecule has 4 aliphatic rings. The van der Waals surface area contributed by atoms with Crippen molar-refractivity contribution in [3.05, 3.63) is 64.8 Å². The minimum Gasteiger partial charge on any atom is -0.484 e. The van der Waals surface area contributed by atoms with Gasteiger partial charge in [0, 0.05) is 16.8 Å². The lowest BCUT2D eigenvalue weighted by molar-refractivity contribution is -0.128. The van der Waals surface area contributed by atoms with Crippen LogP contribution >= 0.6 is 11.3 Å². The highest BCUT2D eigenvalue weighted by Gasteiger charge is 2.51. The zero-order valence-electron chi connectivity index (χ0n) is 23.3. The number of ketones is 1. The fourth-order valence-electron chi connectivity index (χ4n) is 7.39. The molecule has 11 heteroatoms. The van der Waals surface area contributed by atoms with Crippen LogP contribution in [0.15, 0.2) is 48.5 Å². The molecule has 1 atom stereocenters. The van der Waals surface area contributed by atoms with Crippen molar-refractivity contribution in [2.24, 2.45) is 23.5 Å². The Bertz CT molecular complexity index is 1470. The summed E-state index contributed by atoms with van der Waals surface area (Å²) in [5.41, 5.74) is 12.5. The molecule has 2 amide bonds. The van der Waals surface area contributed by atoms with Crippen LogP contribution in [0.5, 0.6) is 5.75 Å². The van der Waals surface area contributed by atoms with Crippen molar-refractivity contribution in [1.82, 2.24) is 10.3 Å². The number of anilines is 3. The van der Waals surface area contributed by atoms with Crippen molar-refractivity contribution in [2.75, 3.05) is 17.2 Å². The van der Waals surface area contributed by atoms with E-state index >= 15 is 0 Å². The largest absolute Gasteiger partial charge is 0.484 e. The standard InChI is InChI=1S/C31H34FN5O4S/c1-17(29(34)40)37(23-6-4-22(32)5-7-23)30-35-28(33)27(42-30)26(39)21-2-8-24(9-3-21)41-16-25(38)36-31-13-18-10-19(14-31)12-20(11-18)15-31/h2-9,17-20H,10-16,33H2,1H3,(H2,34,40)(H,36,38). The first kappa shape index (κ1) is 28.1. The van der Waals surface area contributed by atoms with E-state index in [9.17, 15) is 18.8 Å². The predicted octanol–water partition coefficient (Wildman–Crippen LogP) is 4.57. The highest BCUT2D eigenvalue weighted by Crippen LogP contribution is 2.55. The first-order valence-corrected chi connectivity index (χ1v) is 15.1. The Hall–Kier alpha value is -3.99. The van der Waals surface area contributed by atoms with Crippen molar-refractivity contribution < 1.29 is 23.5 Å². The van der Waals surface area contributed by atoms with Crippen LogP contribution in [0.25, 0.3) is 0 Å². The summed E-state index contributed by atoms with van der Waals surface area (Å²) >= 11 is 1.01. The number of hydrogen-bond acceptors (Lipinski definition) is 8. The number of hydrogen-bond donors (Lipinski definition) is 3. The van der Waals surface area contributed by atoms with E-state index in [-0.39, 0.29) is 39.7 Å². The molecule has 5 N–H and O–H groups in total. The summed E-state index contributed by atoms with van der Waals surface area (Å²) in [6.45, 7) is 1.50. The number of primary amides is 1. The number of halogens is 1. The van der Waals surface area contributed by atoms with Crippen LogP contribution in [0.2, 0.25) is 0 Å². The molecule has 0 radical (unpaired) electrons. The average Bonchev–Trinajstić information content (AvgIpc) is 3.32. The first-order chi connectivity index (χ1) is 20.1. The maximum atomic E-state index is 13.5. The SMILES string of the molecule is CC(C(N)=O)N(c1ccc(F)cc1)c1nc(N)c(C(=O)c2ccc(OCC(=O)NC34CC5CC(CC(C5)C3)C4)cc2)s1. The number of nitrogens with two attached hydrogens (primary N) is 2. The first-order valence-electron chi connectivity index (χ1n) is 14.3. The summed E-state index contributed by atoms with van der Waals surface area (Å²) in [6.07, 6.45) is 7.16. The molecule has 7 rings (SSSR count). The minimum atomic E-state index is -0.833. The number of thiazole rings is 1. The quantitative estimate of drug-likeness (QED) is 0.293. The average molecular weight is 592 g/mol. The second-order valence-corrected chi connectivity index (χ2v) is 13.0. The van der Waals surface area contributed by atoms with E-state index < -0.39 is 17.8 Å². The molecule has 0 aliphatic heterocycles. The van der Waals surface area contributed by atoms with E-state index in [1.54, 1.807) is 31.2 Å². The summed E-state index contributed by atoms with van der Waals surface area (Å²) in [5.74, 6) is 1.18. The van der Waals surface area contributed by atoms with Gasteiger partial charge < -0.3 is 26.4 Å². The van der Waals surface area contributed by atoms with Gasteiger partial charge in [0.1, 0.15) is 28.3 Å². The van der Waals surface area contributed by atoms with Gasteiger partial charge in [-0.05, 0) is 112 Å². The molecule has 3 aromatic rings. The van der Waals surface area contributed by atoms with Gasteiger partial charge in [-0.3, -0.25) is 14.4 Å². The van der Waals surface area contributed by atoms with E-state index in [0.29, 0.717) is 17.0 Å². The van der Waals surface area contributed by atoms with Gasteiger partial charge in [-0.2, -0.15) is 0 Å². The van der Waals surface area contributed by atoms with Crippen LogP contribution in [-0.4, -0.2) is 40.8 Å². The number of nitrogens with zero attached hydrogens (tertiary/aromatic N) is 2. The van der Waals surface area contributed by atoms with Gasteiger partial charge in [-0.15, -0.1) is 0 Å². The van der Waals surface area contributed by atoms with Crippen LogP contribution in [0.1, 0.15) is 60.7 Å². The number of aromatic nitrogens is 1. The van der Waals surface area contributed by atoms with Crippen LogP contribution in [0.3, 0.4) is 0 Å². The number of amides is 2. The Kier molecular flexibility index (Phi) is 7.38. The van der Waals surface area contributed by atoms with Gasteiger partial charge in [-0.1, -0.05) is 11.3 Å². The fraction of sp³-hybridized carbons (Fsp3) is 0.419.